The Morgan fingerprint density at radius 3 is 2.50 bits per heavy atom. The molecule has 0 heterocycles. The molecule has 0 amide bonds. The van der Waals surface area contributed by atoms with E-state index in [1.807, 2.05) is 20.0 Å². The number of likely N-dealkylation sites (N-methyl/N-ethyl adjacent to an activating group) is 1. The van der Waals surface area contributed by atoms with Gasteiger partial charge in [0, 0.05) is 17.5 Å². The molecule has 102 valence electrons. The van der Waals surface area contributed by atoms with E-state index < -0.39 is 0 Å². The van der Waals surface area contributed by atoms with Crippen LogP contribution >= 0.6 is 0 Å². The van der Waals surface area contributed by atoms with Crippen molar-refractivity contribution in [3.8, 4) is 5.75 Å². The van der Waals surface area contributed by atoms with Gasteiger partial charge in [-0.1, -0.05) is 32.9 Å². The minimum atomic E-state index is -0.328. The van der Waals surface area contributed by atoms with Crippen LogP contribution in [0, 0.1) is 0 Å². The average molecular weight is 251 g/mol. The molecule has 0 aliphatic heterocycles. The molecule has 0 aromatic heterocycles. The van der Waals surface area contributed by atoms with Gasteiger partial charge in [0.15, 0.2) is 0 Å². The van der Waals surface area contributed by atoms with Gasteiger partial charge in [0.1, 0.15) is 5.75 Å². The quantitative estimate of drug-likeness (QED) is 0.815. The van der Waals surface area contributed by atoms with Gasteiger partial charge in [-0.2, -0.15) is 0 Å². The van der Waals surface area contributed by atoms with Crippen LogP contribution in [0.25, 0.3) is 0 Å². The van der Waals surface area contributed by atoms with Gasteiger partial charge in [0.2, 0.25) is 0 Å². The Hall–Kier alpha value is -1.06. The molecule has 2 N–H and O–H groups in total. The first-order valence-corrected chi connectivity index (χ1v) is 6.42. The van der Waals surface area contributed by atoms with Crippen molar-refractivity contribution < 1.29 is 9.84 Å². The molecular formula is C15H25NO2. The van der Waals surface area contributed by atoms with Crippen molar-refractivity contribution in [3.63, 3.8) is 0 Å². The second kappa shape index (κ2) is 6.21. The summed E-state index contributed by atoms with van der Waals surface area (Å²) in [6.45, 7) is 7.18. The summed E-state index contributed by atoms with van der Waals surface area (Å²) in [5, 5.41) is 12.9. The number of aliphatic hydroxyl groups excluding tert-OH is 1. The topological polar surface area (TPSA) is 41.5 Å². The Morgan fingerprint density at radius 1 is 1.39 bits per heavy atom. The van der Waals surface area contributed by atoms with Crippen LogP contribution in [0.15, 0.2) is 18.2 Å². The lowest BCUT2D eigenvalue weighted by atomic mass is 9.81. The second-order valence-electron chi connectivity index (χ2n) is 5.36. The highest BCUT2D eigenvalue weighted by Crippen LogP contribution is 2.33. The molecule has 1 rings (SSSR count). The van der Waals surface area contributed by atoms with E-state index in [4.69, 9.17) is 4.74 Å². The number of nitrogens with one attached hydrogen (secondary N) is 1. The zero-order valence-electron chi connectivity index (χ0n) is 12.1. The number of ether oxygens (including phenoxy) is 1. The van der Waals surface area contributed by atoms with E-state index in [1.165, 1.54) is 5.56 Å². The van der Waals surface area contributed by atoms with Crippen LogP contribution in [0.3, 0.4) is 0 Å². The van der Waals surface area contributed by atoms with Crippen molar-refractivity contribution in [2.24, 2.45) is 0 Å². The average Bonchev–Trinajstić information content (AvgIpc) is 2.38. The van der Waals surface area contributed by atoms with Crippen molar-refractivity contribution in [1.29, 1.82) is 0 Å². The van der Waals surface area contributed by atoms with Crippen LogP contribution in [-0.2, 0) is 5.41 Å². The molecule has 3 nitrogen and oxygen atoms in total. The Bertz CT molecular complexity index is 390. The first-order chi connectivity index (χ1) is 8.48. The smallest absolute Gasteiger partial charge is 0.122 e. The molecule has 0 aliphatic rings. The fourth-order valence-corrected chi connectivity index (χ4v) is 2.18. The van der Waals surface area contributed by atoms with Gasteiger partial charge in [0.05, 0.1) is 13.7 Å². The summed E-state index contributed by atoms with van der Waals surface area (Å²) in [6, 6.07) is 6.23. The lowest BCUT2D eigenvalue weighted by Gasteiger charge is -2.30. The Balaban J connectivity index is 3.29. The summed E-state index contributed by atoms with van der Waals surface area (Å²) in [5.74, 6) is 1.30. The number of methoxy groups -OCH3 is 1. The van der Waals surface area contributed by atoms with Gasteiger partial charge < -0.3 is 15.2 Å². The van der Waals surface area contributed by atoms with Crippen LogP contribution in [0.2, 0.25) is 0 Å². The molecular weight excluding hydrogens is 226 g/mol. The molecule has 0 saturated carbocycles. The summed E-state index contributed by atoms with van der Waals surface area (Å²) in [6.07, 6.45) is 0. The Labute approximate surface area is 110 Å². The Kier molecular flexibility index (Phi) is 5.17. The second-order valence-corrected chi connectivity index (χ2v) is 5.36. The van der Waals surface area contributed by atoms with E-state index in [0.717, 1.165) is 11.3 Å². The van der Waals surface area contributed by atoms with Crippen LogP contribution in [0.1, 0.15) is 37.8 Å². The van der Waals surface area contributed by atoms with Crippen molar-refractivity contribution in [2.45, 2.75) is 32.1 Å². The van der Waals surface area contributed by atoms with E-state index in [0.29, 0.717) is 12.5 Å². The van der Waals surface area contributed by atoms with E-state index in [9.17, 15) is 5.11 Å². The van der Waals surface area contributed by atoms with Crippen molar-refractivity contribution >= 4 is 0 Å². The van der Waals surface area contributed by atoms with Gasteiger partial charge in [-0.25, -0.2) is 0 Å². The number of rotatable bonds is 6. The zero-order chi connectivity index (χ0) is 13.8. The molecule has 1 aromatic rings. The molecule has 0 fully saturated rings. The maximum absolute atomic E-state index is 9.72. The Morgan fingerprint density at radius 2 is 2.06 bits per heavy atom. The highest BCUT2D eigenvalue weighted by molar-refractivity contribution is 5.43. The molecule has 1 aromatic carbocycles. The number of benzene rings is 1. The van der Waals surface area contributed by atoms with Gasteiger partial charge in [-0.05, 0) is 24.6 Å². The summed E-state index contributed by atoms with van der Waals surface area (Å²) in [4.78, 5) is 0. The third kappa shape index (κ3) is 3.03. The van der Waals surface area contributed by atoms with Crippen molar-refractivity contribution in [3.05, 3.63) is 29.3 Å². The maximum atomic E-state index is 9.72. The van der Waals surface area contributed by atoms with Crippen molar-refractivity contribution in [2.75, 3.05) is 27.3 Å². The minimum Gasteiger partial charge on any atom is -0.496 e. The largest absolute Gasteiger partial charge is 0.496 e. The van der Waals surface area contributed by atoms with Crippen LogP contribution in [-0.4, -0.2) is 32.4 Å². The van der Waals surface area contributed by atoms with Crippen LogP contribution in [0.4, 0.5) is 0 Å². The number of hydrogen-bond donors (Lipinski definition) is 2. The fraction of sp³-hybridized carbons (Fsp3) is 0.600. The SMILES string of the molecule is CNCC(C)(CO)c1cc(C(C)C)ccc1OC. The standard InChI is InChI=1S/C15H25NO2/c1-11(2)12-6-7-14(18-5)13(8-12)15(3,10-17)9-16-4/h6-8,11,16-17H,9-10H2,1-5H3. The predicted octanol–water partition coefficient (Wildman–Crippen LogP) is 2.29. The van der Waals surface area contributed by atoms with Gasteiger partial charge in [0.25, 0.3) is 0 Å². The molecule has 3 heteroatoms. The number of hydrogen-bond acceptors (Lipinski definition) is 3. The van der Waals surface area contributed by atoms with Crippen LogP contribution < -0.4 is 10.1 Å². The van der Waals surface area contributed by atoms with Crippen molar-refractivity contribution in [1.82, 2.24) is 5.32 Å². The summed E-state index contributed by atoms with van der Waals surface area (Å²) in [7, 11) is 3.57. The molecule has 18 heavy (non-hydrogen) atoms. The van der Waals surface area contributed by atoms with E-state index in [1.54, 1.807) is 7.11 Å². The molecule has 0 spiro atoms. The predicted molar refractivity (Wildman–Crippen MR) is 75.4 cm³/mol. The highest BCUT2D eigenvalue weighted by Gasteiger charge is 2.29. The molecule has 0 bridgehead atoms. The molecule has 0 radical (unpaired) electrons. The molecule has 0 aliphatic carbocycles. The first kappa shape index (κ1) is 15.0. The van der Waals surface area contributed by atoms with E-state index in [2.05, 4.69) is 31.3 Å². The highest BCUT2D eigenvalue weighted by atomic mass is 16.5. The van der Waals surface area contributed by atoms with Gasteiger partial charge in [-0.3, -0.25) is 0 Å². The third-order valence-corrected chi connectivity index (χ3v) is 3.46. The van der Waals surface area contributed by atoms with Gasteiger partial charge in [-0.15, -0.1) is 0 Å². The number of aliphatic hydroxyl groups is 1. The normalized spacial score (nSPS) is 14.6. The third-order valence-electron chi connectivity index (χ3n) is 3.46. The lowest BCUT2D eigenvalue weighted by Crippen LogP contribution is -2.37. The zero-order valence-corrected chi connectivity index (χ0v) is 12.1. The minimum absolute atomic E-state index is 0.0890. The molecule has 0 saturated heterocycles. The maximum Gasteiger partial charge on any atom is 0.122 e. The lowest BCUT2D eigenvalue weighted by molar-refractivity contribution is 0.200. The van der Waals surface area contributed by atoms with E-state index in [-0.39, 0.29) is 12.0 Å². The van der Waals surface area contributed by atoms with E-state index >= 15 is 0 Å². The summed E-state index contributed by atoms with van der Waals surface area (Å²) >= 11 is 0. The molecule has 1 atom stereocenters. The monoisotopic (exact) mass is 251 g/mol. The summed E-state index contributed by atoms with van der Waals surface area (Å²) in [5.41, 5.74) is 2.00. The first-order valence-electron chi connectivity index (χ1n) is 6.42. The molecule has 1 unspecified atom stereocenters. The fourth-order valence-electron chi connectivity index (χ4n) is 2.18. The van der Waals surface area contributed by atoms with Gasteiger partial charge >= 0.3 is 0 Å². The summed E-state index contributed by atoms with van der Waals surface area (Å²) < 4.78 is 5.44. The van der Waals surface area contributed by atoms with Crippen LogP contribution in [0.5, 0.6) is 5.75 Å².